The minimum Gasteiger partial charge on any atom is -0.390 e. The molecule has 0 bridgehead atoms. The number of aliphatic hydroxyl groups excluding tert-OH is 1. The van der Waals surface area contributed by atoms with Crippen LogP contribution in [0.2, 0.25) is 0 Å². The van der Waals surface area contributed by atoms with E-state index >= 15 is 0 Å². The third-order valence-corrected chi connectivity index (χ3v) is 2.71. The Labute approximate surface area is 94.1 Å². The highest BCUT2D eigenvalue weighted by Gasteiger charge is 2.38. The van der Waals surface area contributed by atoms with Crippen LogP contribution < -0.4 is 5.73 Å². The lowest BCUT2D eigenvalue weighted by molar-refractivity contribution is -0.0714. The molecule has 0 radical (unpaired) electrons. The Morgan fingerprint density at radius 3 is 2.06 bits per heavy atom. The van der Waals surface area contributed by atoms with Crippen molar-refractivity contribution in [2.24, 2.45) is 5.73 Å². The highest BCUT2D eigenvalue weighted by molar-refractivity contribution is 5.40. The molecule has 0 saturated heterocycles. The number of alkyl halides is 2. The summed E-state index contributed by atoms with van der Waals surface area (Å²) in [7, 11) is 0. The average Bonchev–Trinajstić information content (AvgIpc) is 2.15. The van der Waals surface area contributed by atoms with Gasteiger partial charge in [0.25, 0.3) is 5.92 Å². The maximum Gasteiger partial charge on any atom is 0.289 e. The number of aliphatic hydroxyl groups is 1. The summed E-state index contributed by atoms with van der Waals surface area (Å²) >= 11 is 0. The van der Waals surface area contributed by atoms with E-state index in [0.717, 1.165) is 16.7 Å². The summed E-state index contributed by atoms with van der Waals surface area (Å²) < 4.78 is 26.6. The van der Waals surface area contributed by atoms with Crippen LogP contribution in [0, 0.1) is 20.8 Å². The number of benzene rings is 1. The van der Waals surface area contributed by atoms with E-state index in [0.29, 0.717) is 5.56 Å². The van der Waals surface area contributed by atoms with Gasteiger partial charge in [0.1, 0.15) is 6.61 Å². The van der Waals surface area contributed by atoms with Gasteiger partial charge in [-0.3, -0.25) is 0 Å². The Morgan fingerprint density at radius 2 is 1.69 bits per heavy atom. The van der Waals surface area contributed by atoms with E-state index in [2.05, 4.69) is 0 Å². The van der Waals surface area contributed by atoms with E-state index < -0.39 is 18.6 Å². The molecule has 2 nitrogen and oxygen atoms in total. The average molecular weight is 229 g/mol. The van der Waals surface area contributed by atoms with Gasteiger partial charge in [-0.05, 0) is 37.5 Å². The molecule has 0 fully saturated rings. The van der Waals surface area contributed by atoms with Crippen molar-refractivity contribution >= 4 is 0 Å². The predicted octanol–water partition coefficient (Wildman–Crippen LogP) is 2.24. The lowest BCUT2D eigenvalue weighted by atomic mass is 9.91. The second-order valence-corrected chi connectivity index (χ2v) is 4.21. The molecule has 0 aromatic heterocycles. The minimum absolute atomic E-state index is 0.421. The second kappa shape index (κ2) is 4.47. The van der Waals surface area contributed by atoms with Crippen LogP contribution in [0.3, 0.4) is 0 Å². The molecule has 0 aliphatic heterocycles. The molecule has 16 heavy (non-hydrogen) atoms. The SMILES string of the molecule is Cc1cc(C)c([C@H](N)C(F)(F)CO)c(C)c1. The Kier molecular flexibility index (Phi) is 3.65. The van der Waals surface area contributed by atoms with Crippen molar-refractivity contribution in [1.82, 2.24) is 0 Å². The highest BCUT2D eigenvalue weighted by Crippen LogP contribution is 2.33. The van der Waals surface area contributed by atoms with Crippen LogP contribution in [0.15, 0.2) is 12.1 Å². The Hall–Kier alpha value is -1.00. The smallest absolute Gasteiger partial charge is 0.289 e. The third kappa shape index (κ3) is 2.39. The summed E-state index contributed by atoms with van der Waals surface area (Å²) in [5, 5.41) is 8.63. The number of rotatable bonds is 3. The molecule has 1 aromatic rings. The van der Waals surface area contributed by atoms with E-state index in [4.69, 9.17) is 10.8 Å². The fraction of sp³-hybridized carbons (Fsp3) is 0.500. The van der Waals surface area contributed by atoms with Crippen LogP contribution in [0.1, 0.15) is 28.3 Å². The first kappa shape index (κ1) is 13.1. The Balaban J connectivity index is 3.24. The van der Waals surface area contributed by atoms with Crippen LogP contribution in [0.4, 0.5) is 8.78 Å². The van der Waals surface area contributed by atoms with Crippen molar-refractivity contribution in [2.75, 3.05) is 6.61 Å². The van der Waals surface area contributed by atoms with E-state index in [1.54, 1.807) is 13.8 Å². The van der Waals surface area contributed by atoms with E-state index in [1.807, 2.05) is 19.1 Å². The molecular formula is C12H17F2NO. The summed E-state index contributed by atoms with van der Waals surface area (Å²) in [4.78, 5) is 0. The minimum atomic E-state index is -3.29. The molecule has 0 spiro atoms. The lowest BCUT2D eigenvalue weighted by Gasteiger charge is -2.25. The molecule has 1 aromatic carbocycles. The van der Waals surface area contributed by atoms with E-state index in [1.165, 1.54) is 0 Å². The molecule has 0 aliphatic carbocycles. The van der Waals surface area contributed by atoms with Crippen molar-refractivity contribution < 1.29 is 13.9 Å². The molecule has 4 heteroatoms. The van der Waals surface area contributed by atoms with Crippen molar-refractivity contribution in [2.45, 2.75) is 32.7 Å². The van der Waals surface area contributed by atoms with Gasteiger partial charge in [0, 0.05) is 0 Å². The van der Waals surface area contributed by atoms with E-state index in [9.17, 15) is 8.78 Å². The monoisotopic (exact) mass is 229 g/mol. The first-order chi connectivity index (χ1) is 7.29. The molecule has 0 aliphatic rings. The fourth-order valence-corrected chi connectivity index (χ4v) is 1.99. The summed E-state index contributed by atoms with van der Waals surface area (Å²) in [5.74, 6) is -3.29. The summed E-state index contributed by atoms with van der Waals surface area (Å²) in [6, 6.07) is 2.17. The Bertz CT molecular complexity index is 368. The highest BCUT2D eigenvalue weighted by atomic mass is 19.3. The van der Waals surface area contributed by atoms with E-state index in [-0.39, 0.29) is 0 Å². The largest absolute Gasteiger partial charge is 0.390 e. The van der Waals surface area contributed by atoms with Crippen molar-refractivity contribution in [3.05, 3.63) is 34.4 Å². The maximum atomic E-state index is 13.3. The quantitative estimate of drug-likeness (QED) is 0.835. The first-order valence-electron chi connectivity index (χ1n) is 5.11. The zero-order chi connectivity index (χ0) is 12.5. The Morgan fingerprint density at radius 1 is 1.25 bits per heavy atom. The lowest BCUT2D eigenvalue weighted by Crippen LogP contribution is -2.37. The summed E-state index contributed by atoms with van der Waals surface area (Å²) in [6.07, 6.45) is 0. The molecule has 1 atom stereocenters. The van der Waals surface area contributed by atoms with Crippen LogP contribution >= 0.6 is 0 Å². The molecular weight excluding hydrogens is 212 g/mol. The van der Waals surface area contributed by atoms with Crippen molar-refractivity contribution in [3.63, 3.8) is 0 Å². The van der Waals surface area contributed by atoms with Gasteiger partial charge in [-0.1, -0.05) is 17.7 Å². The number of nitrogens with two attached hydrogens (primary N) is 1. The van der Waals surface area contributed by atoms with Gasteiger partial charge >= 0.3 is 0 Å². The number of halogens is 2. The van der Waals surface area contributed by atoms with Crippen LogP contribution in [-0.4, -0.2) is 17.6 Å². The zero-order valence-electron chi connectivity index (χ0n) is 9.72. The van der Waals surface area contributed by atoms with Crippen molar-refractivity contribution in [1.29, 1.82) is 0 Å². The topological polar surface area (TPSA) is 46.2 Å². The van der Waals surface area contributed by atoms with Crippen LogP contribution in [0.25, 0.3) is 0 Å². The van der Waals surface area contributed by atoms with Gasteiger partial charge in [-0.15, -0.1) is 0 Å². The third-order valence-electron chi connectivity index (χ3n) is 2.71. The van der Waals surface area contributed by atoms with Crippen molar-refractivity contribution in [3.8, 4) is 0 Å². The molecule has 90 valence electrons. The molecule has 0 unspecified atom stereocenters. The molecule has 3 N–H and O–H groups in total. The van der Waals surface area contributed by atoms with Gasteiger partial charge in [0.05, 0.1) is 6.04 Å². The zero-order valence-corrected chi connectivity index (χ0v) is 9.72. The maximum absolute atomic E-state index is 13.3. The normalized spacial score (nSPS) is 13.9. The summed E-state index contributed by atoms with van der Waals surface area (Å²) in [6.45, 7) is 4.17. The molecule has 0 amide bonds. The van der Waals surface area contributed by atoms with Crippen LogP contribution in [-0.2, 0) is 0 Å². The fourth-order valence-electron chi connectivity index (χ4n) is 1.99. The summed E-state index contributed by atoms with van der Waals surface area (Å²) in [5.41, 5.74) is 8.43. The molecule has 0 saturated carbocycles. The molecule has 1 rings (SSSR count). The number of hydrogen-bond acceptors (Lipinski definition) is 2. The first-order valence-corrected chi connectivity index (χ1v) is 5.11. The standard InChI is InChI=1S/C12H17F2NO/c1-7-4-8(2)10(9(3)5-7)11(15)12(13,14)6-16/h4-5,11,16H,6,15H2,1-3H3/t11-/m0/s1. The van der Waals surface area contributed by atoms with Gasteiger partial charge in [-0.2, -0.15) is 0 Å². The van der Waals surface area contributed by atoms with Gasteiger partial charge in [-0.25, -0.2) is 8.78 Å². The molecule has 0 heterocycles. The van der Waals surface area contributed by atoms with Gasteiger partial charge < -0.3 is 10.8 Å². The van der Waals surface area contributed by atoms with Crippen LogP contribution in [0.5, 0.6) is 0 Å². The predicted molar refractivity (Wildman–Crippen MR) is 59.6 cm³/mol. The van der Waals surface area contributed by atoms with Gasteiger partial charge in [0.2, 0.25) is 0 Å². The van der Waals surface area contributed by atoms with Gasteiger partial charge in [0.15, 0.2) is 0 Å². The second-order valence-electron chi connectivity index (χ2n) is 4.21. The number of aryl methyl sites for hydroxylation is 3. The number of hydrogen-bond donors (Lipinski definition) is 2.